The lowest BCUT2D eigenvalue weighted by Crippen LogP contribution is -2.03. The number of hydrogen-bond acceptors (Lipinski definition) is 5. The highest BCUT2D eigenvalue weighted by Crippen LogP contribution is 2.25. The number of benzene rings is 1. The number of nitrogens with two attached hydrogens (primary N) is 1. The highest BCUT2D eigenvalue weighted by atomic mass is 35.5. The maximum absolute atomic E-state index is 12.8. The van der Waals surface area contributed by atoms with Crippen molar-refractivity contribution in [1.82, 2.24) is 15.0 Å². The number of aromatic nitrogens is 3. The topological polar surface area (TPSA) is 76.7 Å². The molecule has 0 saturated heterocycles. The van der Waals surface area contributed by atoms with Crippen molar-refractivity contribution in [3.8, 4) is 0 Å². The molecule has 0 atom stereocenters. The number of hydrogen-bond donors (Lipinski definition) is 2. The highest BCUT2D eigenvalue weighted by Gasteiger charge is 2.06. The van der Waals surface area contributed by atoms with Gasteiger partial charge in [-0.25, -0.2) is 4.39 Å². The first-order valence-corrected chi connectivity index (χ1v) is 5.19. The number of nitrogen functional groups attached to an aromatic ring is 1. The summed E-state index contributed by atoms with van der Waals surface area (Å²) in [6.45, 7) is 0. The van der Waals surface area contributed by atoms with Gasteiger partial charge in [-0.15, -0.1) is 0 Å². The SMILES string of the molecule is Nc1nc(Cl)nc(Nc2ccc(F)cc2Cl)n1. The molecule has 88 valence electrons. The smallest absolute Gasteiger partial charge is 0.233 e. The molecule has 3 N–H and O–H groups in total. The van der Waals surface area contributed by atoms with Crippen LogP contribution in [-0.4, -0.2) is 15.0 Å². The van der Waals surface area contributed by atoms with Crippen LogP contribution in [0.15, 0.2) is 18.2 Å². The minimum Gasteiger partial charge on any atom is -0.368 e. The number of halogens is 3. The quantitative estimate of drug-likeness (QED) is 0.880. The average Bonchev–Trinajstić information content (AvgIpc) is 2.21. The molecule has 0 spiro atoms. The fraction of sp³-hybridized carbons (Fsp3) is 0. The van der Waals surface area contributed by atoms with Crippen molar-refractivity contribution in [3.63, 3.8) is 0 Å². The number of anilines is 3. The summed E-state index contributed by atoms with van der Waals surface area (Å²) in [6.07, 6.45) is 0. The molecule has 0 aliphatic rings. The fourth-order valence-electron chi connectivity index (χ4n) is 1.13. The lowest BCUT2D eigenvalue weighted by atomic mass is 10.3. The third-order valence-corrected chi connectivity index (χ3v) is 2.28. The third-order valence-electron chi connectivity index (χ3n) is 1.80. The van der Waals surface area contributed by atoms with Gasteiger partial charge in [-0.3, -0.25) is 0 Å². The Kier molecular flexibility index (Phi) is 3.26. The van der Waals surface area contributed by atoms with Crippen LogP contribution in [-0.2, 0) is 0 Å². The van der Waals surface area contributed by atoms with Crippen molar-refractivity contribution in [2.45, 2.75) is 0 Å². The Morgan fingerprint density at radius 3 is 2.59 bits per heavy atom. The van der Waals surface area contributed by atoms with E-state index in [0.717, 1.165) is 6.07 Å². The largest absolute Gasteiger partial charge is 0.368 e. The first kappa shape index (κ1) is 11.8. The van der Waals surface area contributed by atoms with Crippen LogP contribution in [0.25, 0.3) is 0 Å². The summed E-state index contributed by atoms with van der Waals surface area (Å²) >= 11 is 11.4. The van der Waals surface area contributed by atoms with Gasteiger partial charge >= 0.3 is 0 Å². The second-order valence-corrected chi connectivity index (χ2v) is 3.78. The molecule has 0 saturated carbocycles. The van der Waals surface area contributed by atoms with Crippen LogP contribution >= 0.6 is 23.2 Å². The van der Waals surface area contributed by atoms with E-state index in [4.69, 9.17) is 28.9 Å². The second kappa shape index (κ2) is 4.68. The van der Waals surface area contributed by atoms with Gasteiger partial charge in [0, 0.05) is 0 Å². The Hall–Kier alpha value is -1.66. The van der Waals surface area contributed by atoms with E-state index in [1.807, 2.05) is 0 Å². The summed E-state index contributed by atoms with van der Waals surface area (Å²) in [5, 5.41) is 2.91. The van der Waals surface area contributed by atoms with Gasteiger partial charge in [0.2, 0.25) is 17.2 Å². The van der Waals surface area contributed by atoms with E-state index in [2.05, 4.69) is 20.3 Å². The van der Waals surface area contributed by atoms with Crippen LogP contribution in [0.4, 0.5) is 22.0 Å². The Balaban J connectivity index is 2.31. The van der Waals surface area contributed by atoms with E-state index in [9.17, 15) is 4.39 Å². The minimum absolute atomic E-state index is 0.0225. The molecule has 0 aliphatic heterocycles. The number of rotatable bonds is 2. The van der Waals surface area contributed by atoms with Crippen molar-refractivity contribution in [1.29, 1.82) is 0 Å². The summed E-state index contributed by atoms with van der Waals surface area (Å²) < 4.78 is 12.8. The zero-order valence-electron chi connectivity index (χ0n) is 8.28. The molecule has 8 heteroatoms. The van der Waals surface area contributed by atoms with Crippen molar-refractivity contribution in [3.05, 3.63) is 34.3 Å². The fourth-order valence-corrected chi connectivity index (χ4v) is 1.51. The molecule has 0 bridgehead atoms. The normalized spacial score (nSPS) is 10.3. The molecule has 1 heterocycles. The minimum atomic E-state index is -0.436. The van der Waals surface area contributed by atoms with Crippen molar-refractivity contribution < 1.29 is 4.39 Å². The molecule has 1 aromatic carbocycles. The van der Waals surface area contributed by atoms with Crippen LogP contribution in [0.2, 0.25) is 10.3 Å². The first-order valence-electron chi connectivity index (χ1n) is 4.44. The molecule has 5 nitrogen and oxygen atoms in total. The molecule has 0 radical (unpaired) electrons. The first-order chi connectivity index (χ1) is 8.04. The molecule has 2 aromatic rings. The zero-order valence-corrected chi connectivity index (χ0v) is 9.80. The molecule has 0 unspecified atom stereocenters. The van der Waals surface area contributed by atoms with E-state index in [0.29, 0.717) is 5.69 Å². The molecule has 0 fully saturated rings. The second-order valence-electron chi connectivity index (χ2n) is 3.04. The van der Waals surface area contributed by atoms with Crippen LogP contribution < -0.4 is 11.1 Å². The Morgan fingerprint density at radius 2 is 1.94 bits per heavy atom. The van der Waals surface area contributed by atoms with Crippen molar-refractivity contribution >= 4 is 40.8 Å². The van der Waals surface area contributed by atoms with E-state index >= 15 is 0 Å². The van der Waals surface area contributed by atoms with Gasteiger partial charge in [0.15, 0.2) is 0 Å². The predicted octanol–water partition coefficient (Wildman–Crippen LogP) is 2.64. The van der Waals surface area contributed by atoms with E-state index < -0.39 is 5.82 Å². The molecule has 1 aromatic heterocycles. The molecule has 0 aliphatic carbocycles. The van der Waals surface area contributed by atoms with Crippen molar-refractivity contribution in [2.75, 3.05) is 11.1 Å². The van der Waals surface area contributed by atoms with Gasteiger partial charge in [0.1, 0.15) is 5.82 Å². The number of nitrogens with one attached hydrogen (secondary N) is 1. The monoisotopic (exact) mass is 273 g/mol. The van der Waals surface area contributed by atoms with Crippen LogP contribution in [0.3, 0.4) is 0 Å². The molecule has 2 rings (SSSR count). The summed E-state index contributed by atoms with van der Waals surface area (Å²) in [4.78, 5) is 11.2. The molecular formula is C9H6Cl2FN5. The van der Waals surface area contributed by atoms with Crippen LogP contribution in [0.1, 0.15) is 0 Å². The third kappa shape index (κ3) is 2.92. The maximum atomic E-state index is 12.8. The van der Waals surface area contributed by atoms with Gasteiger partial charge in [-0.2, -0.15) is 15.0 Å². The lowest BCUT2D eigenvalue weighted by Gasteiger charge is -2.06. The summed E-state index contributed by atoms with van der Waals surface area (Å²) in [7, 11) is 0. The van der Waals surface area contributed by atoms with Gasteiger partial charge in [-0.1, -0.05) is 11.6 Å². The Morgan fingerprint density at radius 1 is 1.18 bits per heavy atom. The standard InChI is InChI=1S/C9H6Cl2FN5/c10-5-3-4(12)1-2-6(5)14-9-16-7(11)15-8(13)17-9/h1-3H,(H3,13,14,15,16,17). The molecular weight excluding hydrogens is 268 g/mol. The average molecular weight is 274 g/mol. The lowest BCUT2D eigenvalue weighted by molar-refractivity contribution is 0.628. The van der Waals surface area contributed by atoms with Gasteiger partial charge in [-0.05, 0) is 29.8 Å². The van der Waals surface area contributed by atoms with Gasteiger partial charge < -0.3 is 11.1 Å². The predicted molar refractivity (Wildman–Crippen MR) is 63.9 cm³/mol. The molecule has 0 amide bonds. The maximum Gasteiger partial charge on any atom is 0.233 e. The zero-order chi connectivity index (χ0) is 12.4. The highest BCUT2D eigenvalue weighted by molar-refractivity contribution is 6.33. The van der Waals surface area contributed by atoms with Crippen LogP contribution in [0, 0.1) is 5.82 Å². The summed E-state index contributed by atoms with van der Waals surface area (Å²) in [6, 6.07) is 3.86. The summed E-state index contributed by atoms with van der Waals surface area (Å²) in [5.74, 6) is -0.324. The van der Waals surface area contributed by atoms with E-state index in [-0.39, 0.29) is 22.2 Å². The van der Waals surface area contributed by atoms with E-state index in [1.54, 1.807) is 0 Å². The van der Waals surface area contributed by atoms with Gasteiger partial charge in [0.05, 0.1) is 10.7 Å². The van der Waals surface area contributed by atoms with E-state index in [1.165, 1.54) is 12.1 Å². The Bertz CT molecular complexity index is 543. The Labute approximate surface area is 106 Å². The van der Waals surface area contributed by atoms with Crippen molar-refractivity contribution in [2.24, 2.45) is 0 Å². The van der Waals surface area contributed by atoms with Crippen LogP contribution in [0.5, 0.6) is 0 Å². The molecule has 17 heavy (non-hydrogen) atoms. The van der Waals surface area contributed by atoms with Gasteiger partial charge in [0.25, 0.3) is 0 Å². The summed E-state index contributed by atoms with van der Waals surface area (Å²) in [5.41, 5.74) is 5.84. The number of nitrogens with zero attached hydrogens (tertiary/aromatic N) is 3.